The molecule has 0 amide bonds. The summed E-state index contributed by atoms with van der Waals surface area (Å²) in [7, 11) is 0. The predicted octanol–water partition coefficient (Wildman–Crippen LogP) is 4.78. The maximum absolute atomic E-state index is 13.4. The third-order valence-corrected chi connectivity index (χ3v) is 4.80. The number of rotatable bonds is 5. The number of benzene rings is 1. The number of halogens is 1. The van der Waals surface area contributed by atoms with Gasteiger partial charge in [0, 0.05) is 17.0 Å². The number of fused-ring (bicyclic) bond motifs is 1. The van der Waals surface area contributed by atoms with Crippen molar-refractivity contribution in [1.82, 2.24) is 5.32 Å². The van der Waals surface area contributed by atoms with Gasteiger partial charge in [-0.05, 0) is 61.6 Å². The minimum absolute atomic E-state index is 0.122. The van der Waals surface area contributed by atoms with Gasteiger partial charge in [0.15, 0.2) is 0 Å². The normalized spacial score (nSPS) is 20.4. The lowest BCUT2D eigenvalue weighted by molar-refractivity contribution is 0.393. The van der Waals surface area contributed by atoms with Gasteiger partial charge in [-0.15, -0.1) is 11.8 Å². The second-order valence-corrected chi connectivity index (χ2v) is 7.05. The Morgan fingerprint density at radius 2 is 2.11 bits per heavy atom. The van der Waals surface area contributed by atoms with Crippen LogP contribution in [0.5, 0.6) is 0 Å². The average Bonchev–Trinajstić information content (AvgIpc) is 2.37. The van der Waals surface area contributed by atoms with Crippen LogP contribution in [0, 0.1) is 11.7 Å². The molecular formula is C16H24FNS. The fraction of sp³-hybridized carbons (Fsp3) is 0.625. The van der Waals surface area contributed by atoms with Crippen molar-refractivity contribution in [1.29, 1.82) is 0 Å². The van der Waals surface area contributed by atoms with Crippen molar-refractivity contribution in [2.45, 2.75) is 57.0 Å². The maximum Gasteiger partial charge on any atom is 0.123 e. The molecule has 0 bridgehead atoms. The number of hydrogen-bond donors (Lipinski definition) is 1. The van der Waals surface area contributed by atoms with Crippen LogP contribution in [-0.4, -0.2) is 11.8 Å². The molecular weight excluding hydrogens is 257 g/mol. The Hall–Kier alpha value is -0.540. The Morgan fingerprint density at radius 1 is 1.32 bits per heavy atom. The molecule has 0 radical (unpaired) electrons. The van der Waals surface area contributed by atoms with Crippen molar-refractivity contribution in [3.63, 3.8) is 0 Å². The van der Waals surface area contributed by atoms with E-state index in [2.05, 4.69) is 26.1 Å². The molecule has 2 rings (SSSR count). The molecule has 2 unspecified atom stereocenters. The lowest BCUT2D eigenvalue weighted by Gasteiger charge is -2.29. The first-order valence-corrected chi connectivity index (χ1v) is 8.23. The molecule has 0 fully saturated rings. The predicted molar refractivity (Wildman–Crippen MR) is 81.2 cm³/mol. The molecule has 1 nitrogen and oxygen atoms in total. The topological polar surface area (TPSA) is 12.0 Å². The van der Waals surface area contributed by atoms with Crippen molar-refractivity contribution >= 4 is 11.8 Å². The average molecular weight is 281 g/mol. The summed E-state index contributed by atoms with van der Waals surface area (Å²) in [5.41, 5.74) is 1.15. The number of thioether (sulfide) groups is 1. The summed E-state index contributed by atoms with van der Waals surface area (Å²) in [6.07, 6.45) is 3.52. The SMILES string of the molecule is CC(C)CCC(C)NC1CCSc2ccc(F)cc21. The van der Waals surface area contributed by atoms with Crippen LogP contribution >= 0.6 is 11.8 Å². The molecule has 2 atom stereocenters. The van der Waals surface area contributed by atoms with Crippen LogP contribution in [-0.2, 0) is 0 Å². The van der Waals surface area contributed by atoms with Gasteiger partial charge in [-0.2, -0.15) is 0 Å². The van der Waals surface area contributed by atoms with E-state index in [0.29, 0.717) is 12.1 Å². The van der Waals surface area contributed by atoms with E-state index >= 15 is 0 Å². The van der Waals surface area contributed by atoms with Gasteiger partial charge < -0.3 is 5.32 Å². The summed E-state index contributed by atoms with van der Waals surface area (Å²) in [6, 6.07) is 5.99. The highest BCUT2D eigenvalue weighted by molar-refractivity contribution is 7.99. The molecule has 1 aliphatic heterocycles. The van der Waals surface area contributed by atoms with Crippen LogP contribution < -0.4 is 5.32 Å². The van der Waals surface area contributed by atoms with Gasteiger partial charge in [0.1, 0.15) is 5.82 Å². The lowest BCUT2D eigenvalue weighted by Crippen LogP contribution is -2.32. The minimum Gasteiger partial charge on any atom is -0.307 e. The Bertz CT molecular complexity index is 419. The Balaban J connectivity index is 2.00. The number of nitrogens with one attached hydrogen (secondary N) is 1. The molecule has 1 N–H and O–H groups in total. The minimum atomic E-state index is -0.122. The van der Waals surface area contributed by atoms with Gasteiger partial charge in [0.25, 0.3) is 0 Å². The lowest BCUT2D eigenvalue weighted by atomic mass is 10.00. The van der Waals surface area contributed by atoms with Crippen molar-refractivity contribution in [3.8, 4) is 0 Å². The van der Waals surface area contributed by atoms with Crippen molar-refractivity contribution in [3.05, 3.63) is 29.6 Å². The zero-order valence-electron chi connectivity index (χ0n) is 12.1. The second kappa shape index (κ2) is 6.76. The third kappa shape index (κ3) is 4.22. The molecule has 1 aromatic rings. The highest BCUT2D eigenvalue weighted by Gasteiger charge is 2.22. The Kier molecular flexibility index (Phi) is 5.28. The summed E-state index contributed by atoms with van der Waals surface area (Å²) in [5.74, 6) is 1.74. The van der Waals surface area contributed by atoms with E-state index in [0.717, 1.165) is 23.7 Å². The van der Waals surface area contributed by atoms with Gasteiger partial charge in [0.2, 0.25) is 0 Å². The highest BCUT2D eigenvalue weighted by Crippen LogP contribution is 2.36. The molecule has 0 aliphatic carbocycles. The van der Waals surface area contributed by atoms with E-state index < -0.39 is 0 Å². The largest absolute Gasteiger partial charge is 0.307 e. The fourth-order valence-corrected chi connectivity index (χ4v) is 3.65. The zero-order valence-corrected chi connectivity index (χ0v) is 12.9. The highest BCUT2D eigenvalue weighted by atomic mass is 32.2. The summed E-state index contributed by atoms with van der Waals surface area (Å²) in [6.45, 7) is 6.76. The molecule has 19 heavy (non-hydrogen) atoms. The molecule has 0 saturated carbocycles. The first-order valence-electron chi connectivity index (χ1n) is 7.24. The van der Waals surface area contributed by atoms with E-state index in [1.165, 1.54) is 17.7 Å². The smallest absolute Gasteiger partial charge is 0.123 e. The van der Waals surface area contributed by atoms with E-state index in [1.54, 1.807) is 12.1 Å². The second-order valence-electron chi connectivity index (χ2n) is 5.91. The van der Waals surface area contributed by atoms with E-state index in [-0.39, 0.29) is 5.82 Å². The molecule has 1 heterocycles. The van der Waals surface area contributed by atoms with Crippen LogP contribution in [0.2, 0.25) is 0 Å². The molecule has 1 aromatic carbocycles. The quantitative estimate of drug-likeness (QED) is 0.834. The van der Waals surface area contributed by atoms with Gasteiger partial charge in [-0.25, -0.2) is 4.39 Å². The summed E-state index contributed by atoms with van der Waals surface area (Å²) in [5, 5.41) is 3.68. The van der Waals surface area contributed by atoms with Crippen LogP contribution in [0.15, 0.2) is 23.1 Å². The fourth-order valence-electron chi connectivity index (χ4n) is 2.55. The van der Waals surface area contributed by atoms with Gasteiger partial charge in [-0.3, -0.25) is 0 Å². The van der Waals surface area contributed by atoms with Crippen molar-refractivity contribution < 1.29 is 4.39 Å². The Labute approximate surface area is 120 Å². The molecule has 0 saturated heterocycles. The third-order valence-electron chi connectivity index (χ3n) is 3.67. The van der Waals surface area contributed by atoms with Crippen LogP contribution in [0.25, 0.3) is 0 Å². The van der Waals surface area contributed by atoms with Crippen molar-refractivity contribution in [2.75, 3.05) is 5.75 Å². The first kappa shape index (κ1) is 14.9. The van der Waals surface area contributed by atoms with Gasteiger partial charge >= 0.3 is 0 Å². The van der Waals surface area contributed by atoms with Gasteiger partial charge in [0.05, 0.1) is 0 Å². The molecule has 3 heteroatoms. The maximum atomic E-state index is 13.4. The van der Waals surface area contributed by atoms with Gasteiger partial charge in [-0.1, -0.05) is 13.8 Å². The number of hydrogen-bond acceptors (Lipinski definition) is 2. The van der Waals surface area contributed by atoms with E-state index in [1.807, 2.05) is 17.8 Å². The first-order chi connectivity index (χ1) is 9.06. The zero-order chi connectivity index (χ0) is 13.8. The summed E-state index contributed by atoms with van der Waals surface area (Å²) < 4.78 is 13.4. The molecule has 0 spiro atoms. The van der Waals surface area contributed by atoms with Crippen LogP contribution in [0.1, 0.15) is 51.6 Å². The molecule has 1 aliphatic rings. The Morgan fingerprint density at radius 3 is 2.84 bits per heavy atom. The summed E-state index contributed by atoms with van der Waals surface area (Å²) >= 11 is 1.84. The molecule has 106 valence electrons. The summed E-state index contributed by atoms with van der Waals surface area (Å²) in [4.78, 5) is 1.24. The van der Waals surface area contributed by atoms with Crippen molar-refractivity contribution in [2.24, 2.45) is 5.92 Å². The van der Waals surface area contributed by atoms with Crippen LogP contribution in [0.3, 0.4) is 0 Å². The van der Waals surface area contributed by atoms with E-state index in [9.17, 15) is 4.39 Å². The molecule has 0 aromatic heterocycles. The van der Waals surface area contributed by atoms with E-state index in [4.69, 9.17) is 0 Å². The monoisotopic (exact) mass is 281 g/mol. The van der Waals surface area contributed by atoms with Crippen LogP contribution in [0.4, 0.5) is 4.39 Å². The standard InChI is InChI=1S/C16H24FNS/c1-11(2)4-5-12(3)18-15-8-9-19-16-7-6-13(17)10-14(15)16/h6-7,10-12,15,18H,4-5,8-9H2,1-3H3.